The molecule has 0 aliphatic heterocycles. The molecule has 1 N–H and O–H groups in total. The molecule has 0 spiro atoms. The topological polar surface area (TPSA) is 15.3 Å². The largest absolute Gasteiger partial charge is 0.312 e. The lowest BCUT2D eigenvalue weighted by Crippen LogP contribution is -2.41. The van der Waals surface area contributed by atoms with Gasteiger partial charge in [0.1, 0.15) is 0 Å². The first-order valence-corrected chi connectivity index (χ1v) is 6.55. The molecule has 1 rings (SSSR count). The van der Waals surface area contributed by atoms with Crippen molar-refractivity contribution in [1.29, 1.82) is 0 Å². The Morgan fingerprint density at radius 3 is 2.50 bits per heavy atom. The van der Waals surface area contributed by atoms with Gasteiger partial charge < -0.3 is 5.32 Å². The van der Waals surface area contributed by atoms with E-state index in [9.17, 15) is 0 Å². The van der Waals surface area contributed by atoms with Crippen LogP contribution in [0.1, 0.15) is 47.0 Å². The summed E-state index contributed by atoms with van der Waals surface area (Å²) >= 11 is 0. The average molecular weight is 224 g/mol. The normalized spacial score (nSPS) is 18.8. The van der Waals surface area contributed by atoms with E-state index in [2.05, 4.69) is 44.5 Å². The van der Waals surface area contributed by atoms with Crippen molar-refractivity contribution in [3.63, 3.8) is 0 Å². The van der Waals surface area contributed by atoms with E-state index in [0.29, 0.717) is 6.04 Å². The molecule has 2 nitrogen and oxygen atoms in total. The first kappa shape index (κ1) is 13.7. The summed E-state index contributed by atoms with van der Waals surface area (Å²) in [7, 11) is 0. The molecular weight excluding hydrogens is 196 g/mol. The van der Waals surface area contributed by atoms with Gasteiger partial charge >= 0.3 is 0 Å². The predicted octanol–water partition coefficient (Wildman–Crippen LogP) is 2.80. The molecule has 16 heavy (non-hydrogen) atoms. The summed E-state index contributed by atoms with van der Waals surface area (Å²) in [4.78, 5) is 2.59. The SMILES string of the molecule is C=CCN(C(C)CCNC(C)(C)C)C1CC1. The fourth-order valence-electron chi connectivity index (χ4n) is 2.07. The van der Waals surface area contributed by atoms with Crippen molar-refractivity contribution in [3.8, 4) is 0 Å². The van der Waals surface area contributed by atoms with E-state index in [1.54, 1.807) is 0 Å². The molecule has 2 heteroatoms. The fraction of sp³-hybridized carbons (Fsp3) is 0.857. The van der Waals surface area contributed by atoms with Crippen molar-refractivity contribution in [1.82, 2.24) is 10.2 Å². The minimum absolute atomic E-state index is 0.239. The smallest absolute Gasteiger partial charge is 0.0166 e. The standard InChI is InChI=1S/C14H28N2/c1-6-11-16(13-7-8-13)12(2)9-10-15-14(3,4)5/h6,12-13,15H,1,7-11H2,2-5H3. The second kappa shape index (κ2) is 5.83. The van der Waals surface area contributed by atoms with Crippen molar-refractivity contribution >= 4 is 0 Å². The van der Waals surface area contributed by atoms with Crippen molar-refractivity contribution in [3.05, 3.63) is 12.7 Å². The molecular formula is C14H28N2. The number of hydrogen-bond donors (Lipinski definition) is 1. The zero-order valence-electron chi connectivity index (χ0n) is 11.4. The fourth-order valence-corrected chi connectivity index (χ4v) is 2.07. The summed E-state index contributed by atoms with van der Waals surface area (Å²) in [6, 6.07) is 1.50. The van der Waals surface area contributed by atoms with Crippen LogP contribution in [0.2, 0.25) is 0 Å². The molecule has 1 unspecified atom stereocenters. The Morgan fingerprint density at radius 2 is 2.06 bits per heavy atom. The van der Waals surface area contributed by atoms with Gasteiger partial charge in [-0.05, 0) is 53.5 Å². The van der Waals surface area contributed by atoms with Gasteiger partial charge in [0.2, 0.25) is 0 Å². The van der Waals surface area contributed by atoms with Crippen molar-refractivity contribution < 1.29 is 0 Å². The first-order chi connectivity index (χ1) is 7.44. The highest BCUT2D eigenvalue weighted by molar-refractivity contribution is 4.91. The van der Waals surface area contributed by atoms with Crippen LogP contribution in [0, 0.1) is 0 Å². The Bertz CT molecular complexity index is 213. The Kier molecular flexibility index (Phi) is 5.00. The van der Waals surface area contributed by atoms with Crippen LogP contribution >= 0.6 is 0 Å². The van der Waals surface area contributed by atoms with Crippen molar-refractivity contribution in [2.24, 2.45) is 0 Å². The van der Waals surface area contributed by atoms with E-state index in [-0.39, 0.29) is 5.54 Å². The van der Waals surface area contributed by atoms with Gasteiger partial charge in [0, 0.05) is 24.2 Å². The van der Waals surface area contributed by atoms with E-state index in [4.69, 9.17) is 0 Å². The molecule has 0 heterocycles. The third kappa shape index (κ3) is 5.13. The zero-order valence-corrected chi connectivity index (χ0v) is 11.4. The van der Waals surface area contributed by atoms with E-state index >= 15 is 0 Å². The predicted molar refractivity (Wildman–Crippen MR) is 71.8 cm³/mol. The summed E-state index contributed by atoms with van der Waals surface area (Å²) in [5.41, 5.74) is 0.239. The summed E-state index contributed by atoms with van der Waals surface area (Å²) in [6.45, 7) is 15.0. The minimum Gasteiger partial charge on any atom is -0.312 e. The lowest BCUT2D eigenvalue weighted by Gasteiger charge is -2.29. The van der Waals surface area contributed by atoms with Gasteiger partial charge in [-0.15, -0.1) is 6.58 Å². The summed E-state index contributed by atoms with van der Waals surface area (Å²) in [5, 5.41) is 3.56. The number of rotatable bonds is 7. The van der Waals surface area contributed by atoms with Crippen LogP contribution in [0.4, 0.5) is 0 Å². The Hall–Kier alpha value is -0.340. The maximum absolute atomic E-state index is 3.86. The first-order valence-electron chi connectivity index (χ1n) is 6.55. The second-order valence-corrected chi connectivity index (χ2v) is 6.03. The molecule has 0 bridgehead atoms. The quantitative estimate of drug-likeness (QED) is 0.669. The van der Waals surface area contributed by atoms with Gasteiger partial charge in [0.05, 0.1) is 0 Å². The van der Waals surface area contributed by atoms with Crippen molar-refractivity contribution in [2.75, 3.05) is 13.1 Å². The van der Waals surface area contributed by atoms with Gasteiger partial charge in [-0.25, -0.2) is 0 Å². The Balaban J connectivity index is 2.26. The molecule has 1 saturated carbocycles. The highest BCUT2D eigenvalue weighted by Crippen LogP contribution is 2.29. The molecule has 0 radical (unpaired) electrons. The molecule has 0 saturated heterocycles. The lowest BCUT2D eigenvalue weighted by molar-refractivity contribution is 0.206. The van der Waals surface area contributed by atoms with Gasteiger partial charge in [-0.2, -0.15) is 0 Å². The van der Waals surface area contributed by atoms with Gasteiger partial charge in [0.25, 0.3) is 0 Å². The number of nitrogens with zero attached hydrogens (tertiary/aromatic N) is 1. The van der Waals surface area contributed by atoms with Gasteiger partial charge in [0.15, 0.2) is 0 Å². The van der Waals surface area contributed by atoms with E-state index in [1.165, 1.54) is 19.3 Å². The lowest BCUT2D eigenvalue weighted by atomic mass is 10.1. The molecule has 1 aliphatic carbocycles. The summed E-state index contributed by atoms with van der Waals surface area (Å²) in [5.74, 6) is 0. The van der Waals surface area contributed by atoms with Crippen molar-refractivity contribution in [2.45, 2.75) is 64.6 Å². The minimum atomic E-state index is 0.239. The third-order valence-electron chi connectivity index (χ3n) is 3.14. The highest BCUT2D eigenvalue weighted by atomic mass is 15.2. The summed E-state index contributed by atoms with van der Waals surface area (Å²) in [6.07, 6.45) is 6.02. The second-order valence-electron chi connectivity index (χ2n) is 6.03. The molecule has 0 aromatic heterocycles. The van der Waals surface area contributed by atoms with Crippen LogP contribution in [0.3, 0.4) is 0 Å². The van der Waals surface area contributed by atoms with Crippen LogP contribution < -0.4 is 5.32 Å². The zero-order chi connectivity index (χ0) is 12.2. The molecule has 0 aromatic rings. The number of nitrogens with one attached hydrogen (secondary N) is 1. The van der Waals surface area contributed by atoms with Crippen LogP contribution in [0.25, 0.3) is 0 Å². The van der Waals surface area contributed by atoms with Crippen LogP contribution in [0.5, 0.6) is 0 Å². The monoisotopic (exact) mass is 224 g/mol. The number of hydrogen-bond acceptors (Lipinski definition) is 2. The molecule has 1 aliphatic rings. The molecule has 1 fully saturated rings. The molecule has 1 atom stereocenters. The van der Waals surface area contributed by atoms with Gasteiger partial charge in [-0.3, -0.25) is 4.90 Å². The Labute approximate surface area is 101 Å². The average Bonchev–Trinajstić information content (AvgIpc) is 2.95. The Morgan fingerprint density at radius 1 is 1.44 bits per heavy atom. The third-order valence-corrected chi connectivity index (χ3v) is 3.14. The van der Waals surface area contributed by atoms with Gasteiger partial charge in [-0.1, -0.05) is 6.08 Å². The maximum atomic E-state index is 3.86. The highest BCUT2D eigenvalue weighted by Gasteiger charge is 2.30. The van der Waals surface area contributed by atoms with E-state index < -0.39 is 0 Å². The molecule has 0 aromatic carbocycles. The van der Waals surface area contributed by atoms with Crippen LogP contribution in [0.15, 0.2) is 12.7 Å². The summed E-state index contributed by atoms with van der Waals surface area (Å²) < 4.78 is 0. The molecule has 0 amide bonds. The van der Waals surface area contributed by atoms with Crippen LogP contribution in [-0.2, 0) is 0 Å². The maximum Gasteiger partial charge on any atom is 0.0166 e. The van der Waals surface area contributed by atoms with E-state index in [1.807, 2.05) is 6.08 Å². The van der Waals surface area contributed by atoms with E-state index in [0.717, 1.165) is 19.1 Å². The van der Waals surface area contributed by atoms with Crippen LogP contribution in [-0.4, -0.2) is 35.6 Å². The molecule has 94 valence electrons.